The topological polar surface area (TPSA) is 39.4 Å². The van der Waals surface area contributed by atoms with Gasteiger partial charge in [0.2, 0.25) is 0 Å². The van der Waals surface area contributed by atoms with Gasteiger partial charge >= 0.3 is 0 Å². The van der Waals surface area contributed by atoms with E-state index in [9.17, 15) is 9.18 Å². The fraction of sp³-hybridized carbons (Fsp3) is 0.0556. The van der Waals surface area contributed by atoms with Crippen LogP contribution in [0.2, 0.25) is 0 Å². The Bertz CT molecular complexity index is 892. The summed E-state index contributed by atoms with van der Waals surface area (Å²) in [6.45, 7) is 0. The van der Waals surface area contributed by atoms with Crippen LogP contribution < -0.4 is 10.2 Å². The lowest BCUT2D eigenvalue weighted by atomic mass is 10.1. The van der Waals surface area contributed by atoms with E-state index >= 15 is 0 Å². The maximum Gasteiger partial charge on any atom is 0.200 e. The smallest absolute Gasteiger partial charge is 0.200 e. The molecule has 0 N–H and O–H groups in total. The highest BCUT2D eigenvalue weighted by Crippen LogP contribution is 2.19. The molecule has 0 saturated heterocycles. The number of ether oxygens (including phenoxy) is 1. The lowest BCUT2D eigenvalue weighted by Gasteiger charge is -2.02. The van der Waals surface area contributed by atoms with Crippen molar-refractivity contribution >= 4 is 23.1 Å². The molecule has 2 aromatic carbocycles. The van der Waals surface area contributed by atoms with Gasteiger partial charge in [-0.05, 0) is 42.0 Å². The standard InChI is InChI=1S/C18H13FO3/c1-21-15-8-9-17-16(10-15)18(20)13(11-22-17)5-2-12-3-6-14(19)7-4-12/h2-11H,1H3/b5-2+. The number of rotatable bonds is 3. The Morgan fingerprint density at radius 1 is 1.09 bits per heavy atom. The van der Waals surface area contributed by atoms with Gasteiger partial charge in [0.15, 0.2) is 5.43 Å². The zero-order valence-electron chi connectivity index (χ0n) is 11.9. The van der Waals surface area contributed by atoms with Crippen molar-refractivity contribution in [2.45, 2.75) is 0 Å². The molecular weight excluding hydrogens is 283 g/mol. The van der Waals surface area contributed by atoms with Gasteiger partial charge in [-0.25, -0.2) is 4.39 Å². The summed E-state index contributed by atoms with van der Waals surface area (Å²) < 4.78 is 23.4. The van der Waals surface area contributed by atoms with Crippen molar-refractivity contribution in [3.63, 3.8) is 0 Å². The number of halogens is 1. The van der Waals surface area contributed by atoms with Gasteiger partial charge < -0.3 is 9.15 Å². The summed E-state index contributed by atoms with van der Waals surface area (Å²) in [5.41, 5.74) is 1.58. The third-order valence-corrected chi connectivity index (χ3v) is 3.33. The van der Waals surface area contributed by atoms with E-state index in [1.165, 1.54) is 18.4 Å². The summed E-state index contributed by atoms with van der Waals surface area (Å²) in [6, 6.07) is 11.1. The van der Waals surface area contributed by atoms with Gasteiger partial charge in [-0.15, -0.1) is 0 Å². The van der Waals surface area contributed by atoms with Crippen LogP contribution >= 0.6 is 0 Å². The summed E-state index contributed by atoms with van der Waals surface area (Å²) in [5.74, 6) is 0.300. The molecular formula is C18H13FO3. The zero-order valence-corrected chi connectivity index (χ0v) is 11.9. The largest absolute Gasteiger partial charge is 0.497 e. The fourth-order valence-electron chi connectivity index (χ4n) is 2.13. The second-order valence-electron chi connectivity index (χ2n) is 4.77. The van der Waals surface area contributed by atoms with Crippen molar-refractivity contribution in [2.24, 2.45) is 0 Å². The summed E-state index contributed by atoms with van der Waals surface area (Å²) in [6.07, 6.45) is 4.80. The maximum absolute atomic E-state index is 12.9. The molecule has 4 heteroatoms. The van der Waals surface area contributed by atoms with Gasteiger partial charge in [0.25, 0.3) is 0 Å². The van der Waals surface area contributed by atoms with Crippen molar-refractivity contribution in [3.8, 4) is 5.75 Å². The molecule has 3 aromatic rings. The van der Waals surface area contributed by atoms with Crippen LogP contribution in [0.25, 0.3) is 23.1 Å². The Morgan fingerprint density at radius 3 is 2.59 bits per heavy atom. The van der Waals surface area contributed by atoms with Crippen molar-refractivity contribution < 1.29 is 13.5 Å². The van der Waals surface area contributed by atoms with Crippen molar-refractivity contribution in [1.29, 1.82) is 0 Å². The van der Waals surface area contributed by atoms with Crippen molar-refractivity contribution in [2.75, 3.05) is 7.11 Å². The summed E-state index contributed by atoms with van der Waals surface area (Å²) in [7, 11) is 1.54. The van der Waals surface area contributed by atoms with Crippen LogP contribution in [0.1, 0.15) is 11.1 Å². The Morgan fingerprint density at radius 2 is 1.86 bits per heavy atom. The van der Waals surface area contributed by atoms with Gasteiger partial charge in [-0.3, -0.25) is 4.79 Å². The van der Waals surface area contributed by atoms with E-state index in [0.717, 1.165) is 5.56 Å². The predicted octanol–water partition coefficient (Wildman–Crippen LogP) is 4.11. The molecule has 1 aromatic heterocycles. The fourth-order valence-corrected chi connectivity index (χ4v) is 2.13. The Kier molecular flexibility index (Phi) is 3.74. The molecule has 0 aliphatic rings. The van der Waals surface area contributed by atoms with Gasteiger partial charge in [-0.2, -0.15) is 0 Å². The molecule has 0 spiro atoms. The quantitative estimate of drug-likeness (QED) is 0.730. The molecule has 0 unspecified atom stereocenters. The average Bonchev–Trinajstić information content (AvgIpc) is 2.55. The Hall–Kier alpha value is -2.88. The van der Waals surface area contributed by atoms with Gasteiger partial charge in [-0.1, -0.05) is 18.2 Å². The minimum atomic E-state index is -0.297. The maximum atomic E-state index is 12.9. The van der Waals surface area contributed by atoms with Gasteiger partial charge in [0, 0.05) is 0 Å². The Labute approximate surface area is 126 Å². The van der Waals surface area contributed by atoms with Gasteiger partial charge in [0.05, 0.1) is 18.1 Å². The van der Waals surface area contributed by atoms with Crippen molar-refractivity contribution in [1.82, 2.24) is 0 Å². The summed E-state index contributed by atoms with van der Waals surface area (Å²) in [5, 5.41) is 0.459. The molecule has 0 saturated carbocycles. The normalized spacial score (nSPS) is 11.2. The molecule has 0 aliphatic heterocycles. The van der Waals surface area contributed by atoms with Crippen LogP contribution in [0.15, 0.2) is 57.9 Å². The van der Waals surface area contributed by atoms with E-state index in [1.54, 1.807) is 49.6 Å². The Balaban J connectivity index is 2.02. The monoisotopic (exact) mass is 296 g/mol. The highest BCUT2D eigenvalue weighted by Gasteiger charge is 2.06. The third kappa shape index (κ3) is 2.76. The second-order valence-corrected chi connectivity index (χ2v) is 4.77. The van der Waals surface area contributed by atoms with Crippen LogP contribution in [0.3, 0.4) is 0 Å². The van der Waals surface area contributed by atoms with E-state index in [2.05, 4.69) is 0 Å². The van der Waals surface area contributed by atoms with Crippen molar-refractivity contribution in [3.05, 3.63) is 75.9 Å². The van der Waals surface area contributed by atoms with Crippen LogP contribution in [-0.2, 0) is 0 Å². The lowest BCUT2D eigenvalue weighted by molar-refractivity contribution is 0.415. The van der Waals surface area contributed by atoms with Crippen LogP contribution in [-0.4, -0.2) is 7.11 Å². The van der Waals surface area contributed by atoms with Crippen LogP contribution in [0.4, 0.5) is 4.39 Å². The molecule has 1 heterocycles. The number of methoxy groups -OCH3 is 1. The molecule has 0 aliphatic carbocycles. The highest BCUT2D eigenvalue weighted by molar-refractivity contribution is 5.81. The molecule has 0 radical (unpaired) electrons. The molecule has 0 amide bonds. The average molecular weight is 296 g/mol. The molecule has 3 nitrogen and oxygen atoms in total. The summed E-state index contributed by atoms with van der Waals surface area (Å²) in [4.78, 5) is 12.4. The molecule has 110 valence electrons. The van der Waals surface area contributed by atoms with E-state index in [-0.39, 0.29) is 11.2 Å². The van der Waals surface area contributed by atoms with Gasteiger partial charge in [0.1, 0.15) is 23.4 Å². The van der Waals surface area contributed by atoms with E-state index in [4.69, 9.17) is 9.15 Å². The number of benzene rings is 2. The first kappa shape index (κ1) is 14.1. The minimum absolute atomic E-state index is 0.140. The number of hydrogen-bond acceptors (Lipinski definition) is 3. The first-order valence-corrected chi connectivity index (χ1v) is 6.70. The van der Waals surface area contributed by atoms with E-state index in [0.29, 0.717) is 22.3 Å². The molecule has 0 fully saturated rings. The molecule has 22 heavy (non-hydrogen) atoms. The number of hydrogen-bond donors (Lipinski definition) is 0. The molecule has 3 rings (SSSR count). The van der Waals surface area contributed by atoms with E-state index < -0.39 is 0 Å². The van der Waals surface area contributed by atoms with Crippen LogP contribution in [0, 0.1) is 5.82 Å². The molecule has 0 atom stereocenters. The summed E-state index contributed by atoms with van der Waals surface area (Å²) >= 11 is 0. The highest BCUT2D eigenvalue weighted by atomic mass is 19.1. The molecule has 0 bridgehead atoms. The zero-order chi connectivity index (χ0) is 15.5. The third-order valence-electron chi connectivity index (χ3n) is 3.33. The first-order valence-electron chi connectivity index (χ1n) is 6.70. The van der Waals surface area contributed by atoms with E-state index in [1.807, 2.05) is 0 Å². The first-order chi connectivity index (χ1) is 10.7. The van der Waals surface area contributed by atoms with Crippen LogP contribution in [0.5, 0.6) is 5.75 Å². The lowest BCUT2D eigenvalue weighted by Crippen LogP contribution is -2.04. The predicted molar refractivity (Wildman–Crippen MR) is 84.4 cm³/mol. The second kappa shape index (κ2) is 5.85. The number of fused-ring (bicyclic) bond motifs is 1. The SMILES string of the molecule is COc1ccc2occ(/C=C/c3ccc(F)cc3)c(=O)c2c1. The minimum Gasteiger partial charge on any atom is -0.497 e.